The zero-order valence-corrected chi connectivity index (χ0v) is 22.6. The molecule has 0 aliphatic carbocycles. The van der Waals surface area contributed by atoms with Crippen molar-refractivity contribution in [3.63, 3.8) is 0 Å². The van der Waals surface area contributed by atoms with E-state index in [9.17, 15) is 22.8 Å². The average Bonchev–Trinajstić information content (AvgIpc) is 3.36. The first-order valence-corrected chi connectivity index (χ1v) is 12.0. The molecule has 3 rings (SSSR count). The molecule has 0 aliphatic rings. The maximum atomic E-state index is 13.7. The van der Waals surface area contributed by atoms with Gasteiger partial charge >= 0.3 is 12.1 Å². The van der Waals surface area contributed by atoms with Crippen LogP contribution in [-0.2, 0) is 15.0 Å². The molecule has 1 atom stereocenters. The van der Waals surface area contributed by atoms with Crippen molar-refractivity contribution in [1.82, 2.24) is 15.3 Å². The molecule has 0 spiro atoms. The van der Waals surface area contributed by atoms with Crippen molar-refractivity contribution in [1.29, 1.82) is 0 Å². The number of carboxylic acid groups (broad SMARTS) is 1. The molecule has 1 unspecified atom stereocenters. The average molecular weight is 547 g/mol. The number of rotatable bonds is 5. The summed E-state index contributed by atoms with van der Waals surface area (Å²) in [6.07, 6.45) is -0.106. The number of alkyl halides is 3. The number of aromatic amines is 1. The minimum Gasteiger partial charge on any atom is -0.475 e. The van der Waals surface area contributed by atoms with Gasteiger partial charge < -0.3 is 15.4 Å². The molecule has 0 saturated carbocycles. The number of carboxylic acids is 1. The molecular formula is C28H33F3N4O4. The van der Waals surface area contributed by atoms with Crippen LogP contribution in [0.1, 0.15) is 69.2 Å². The summed E-state index contributed by atoms with van der Waals surface area (Å²) in [7, 11) is 0. The Labute approximate surface area is 225 Å². The van der Waals surface area contributed by atoms with Crippen molar-refractivity contribution in [2.24, 2.45) is 0 Å². The van der Waals surface area contributed by atoms with E-state index >= 15 is 0 Å². The van der Waals surface area contributed by atoms with Crippen LogP contribution in [0.4, 0.5) is 18.9 Å². The van der Waals surface area contributed by atoms with E-state index in [0.717, 1.165) is 5.56 Å². The molecule has 0 bridgehead atoms. The van der Waals surface area contributed by atoms with Gasteiger partial charge in [0.15, 0.2) is 0 Å². The third-order valence-corrected chi connectivity index (χ3v) is 5.31. The van der Waals surface area contributed by atoms with Gasteiger partial charge in [-0.25, -0.2) is 4.79 Å². The lowest BCUT2D eigenvalue weighted by Gasteiger charge is -2.33. The van der Waals surface area contributed by atoms with Crippen molar-refractivity contribution in [2.45, 2.75) is 64.7 Å². The van der Waals surface area contributed by atoms with E-state index in [0.29, 0.717) is 16.9 Å². The molecule has 8 nitrogen and oxygen atoms in total. The molecule has 2 heterocycles. The van der Waals surface area contributed by atoms with Crippen molar-refractivity contribution in [3.8, 4) is 0 Å². The third-order valence-electron chi connectivity index (χ3n) is 5.31. The molecule has 0 fully saturated rings. The SMILES string of the molecule is CC(C)(C)NC(=O)C(c1cccnc1)N(C(=O)c1ccc[nH]1)c1ccc(C(C)(C)C)cc1.O=C(O)C(F)(F)F. The fourth-order valence-corrected chi connectivity index (χ4v) is 3.49. The summed E-state index contributed by atoms with van der Waals surface area (Å²) in [5, 5.41) is 10.2. The second-order valence-electron chi connectivity index (χ2n) is 10.8. The summed E-state index contributed by atoms with van der Waals surface area (Å²) in [5.41, 5.74) is 2.33. The number of anilines is 1. The first-order valence-electron chi connectivity index (χ1n) is 12.0. The second-order valence-corrected chi connectivity index (χ2v) is 10.8. The normalized spacial score (nSPS) is 12.5. The second kappa shape index (κ2) is 12.1. The van der Waals surface area contributed by atoms with Gasteiger partial charge in [-0.05, 0) is 62.1 Å². The zero-order valence-electron chi connectivity index (χ0n) is 22.6. The van der Waals surface area contributed by atoms with Crippen LogP contribution in [0.5, 0.6) is 0 Å². The molecule has 0 aliphatic heterocycles. The minimum absolute atomic E-state index is 0.0286. The molecule has 3 aromatic rings. The van der Waals surface area contributed by atoms with Gasteiger partial charge in [0.05, 0.1) is 0 Å². The van der Waals surface area contributed by atoms with Gasteiger partial charge in [0.2, 0.25) is 5.91 Å². The zero-order chi connectivity index (χ0) is 29.6. The summed E-state index contributed by atoms with van der Waals surface area (Å²) in [4.78, 5) is 44.8. The molecule has 2 aromatic heterocycles. The Morgan fingerprint density at radius 1 is 0.949 bits per heavy atom. The number of amides is 2. The number of nitrogens with one attached hydrogen (secondary N) is 2. The van der Waals surface area contributed by atoms with E-state index in [1.165, 1.54) is 4.90 Å². The Kier molecular flexibility index (Phi) is 9.67. The minimum atomic E-state index is -5.08. The number of H-pyrrole nitrogens is 1. The number of hydrogen-bond donors (Lipinski definition) is 3. The largest absolute Gasteiger partial charge is 0.490 e. The highest BCUT2D eigenvalue weighted by molar-refractivity contribution is 6.09. The molecule has 0 saturated heterocycles. The van der Waals surface area contributed by atoms with E-state index in [4.69, 9.17) is 9.90 Å². The lowest BCUT2D eigenvalue weighted by molar-refractivity contribution is -0.192. The Morgan fingerprint density at radius 2 is 1.54 bits per heavy atom. The number of hydrogen-bond acceptors (Lipinski definition) is 4. The number of aliphatic carboxylic acids is 1. The van der Waals surface area contributed by atoms with Crippen LogP contribution in [0.3, 0.4) is 0 Å². The third kappa shape index (κ3) is 8.98. The highest BCUT2D eigenvalue weighted by Gasteiger charge is 2.38. The molecule has 3 N–H and O–H groups in total. The van der Waals surface area contributed by atoms with Crippen molar-refractivity contribution in [3.05, 3.63) is 83.9 Å². The molecule has 0 radical (unpaired) electrons. The molecule has 210 valence electrons. The summed E-state index contributed by atoms with van der Waals surface area (Å²) >= 11 is 0. The molecule has 39 heavy (non-hydrogen) atoms. The standard InChI is InChI=1S/C26H32N4O2.C2HF3O2/c1-25(2,3)19-11-13-20(14-12-19)30(24(32)21-10-8-16-28-21)22(18-9-7-15-27-17-18)23(31)29-26(4,5)6;3-2(4,5)1(6)7/h7-17,22,28H,1-6H3,(H,29,31);(H,6,7). The van der Waals surface area contributed by atoms with Gasteiger partial charge in [-0.1, -0.05) is 39.0 Å². The number of carbonyl (C=O) groups is 3. The fourth-order valence-electron chi connectivity index (χ4n) is 3.49. The molecular weight excluding hydrogens is 513 g/mol. The van der Waals surface area contributed by atoms with Gasteiger partial charge in [-0.15, -0.1) is 0 Å². The highest BCUT2D eigenvalue weighted by atomic mass is 19.4. The summed E-state index contributed by atoms with van der Waals surface area (Å²) in [6.45, 7) is 12.2. The Morgan fingerprint density at radius 3 is 1.95 bits per heavy atom. The summed E-state index contributed by atoms with van der Waals surface area (Å²) in [5.74, 6) is -3.32. The van der Waals surface area contributed by atoms with Crippen LogP contribution >= 0.6 is 0 Å². The van der Waals surface area contributed by atoms with Crippen molar-refractivity contribution < 1.29 is 32.7 Å². The van der Waals surface area contributed by atoms with Gasteiger partial charge in [0, 0.05) is 35.4 Å². The van der Waals surface area contributed by atoms with Crippen LogP contribution in [0.25, 0.3) is 0 Å². The van der Waals surface area contributed by atoms with Crippen LogP contribution in [0, 0.1) is 0 Å². The smallest absolute Gasteiger partial charge is 0.475 e. The van der Waals surface area contributed by atoms with Crippen molar-refractivity contribution in [2.75, 3.05) is 4.90 Å². The number of pyridine rings is 1. The number of nitrogens with zero attached hydrogens (tertiary/aromatic N) is 2. The van der Waals surface area contributed by atoms with Gasteiger partial charge in [-0.2, -0.15) is 13.2 Å². The first-order chi connectivity index (χ1) is 17.9. The number of halogens is 3. The van der Waals surface area contributed by atoms with Crippen LogP contribution in [0.2, 0.25) is 0 Å². The van der Waals surface area contributed by atoms with Gasteiger partial charge in [-0.3, -0.25) is 19.5 Å². The molecule has 1 aromatic carbocycles. The van der Waals surface area contributed by atoms with Crippen molar-refractivity contribution >= 4 is 23.5 Å². The monoisotopic (exact) mass is 546 g/mol. The van der Waals surface area contributed by atoms with E-state index in [1.54, 1.807) is 36.8 Å². The summed E-state index contributed by atoms with van der Waals surface area (Å²) < 4.78 is 31.7. The lowest BCUT2D eigenvalue weighted by atomic mass is 9.87. The maximum Gasteiger partial charge on any atom is 0.490 e. The predicted octanol–water partition coefficient (Wildman–Crippen LogP) is 5.64. The van der Waals surface area contributed by atoms with Crippen LogP contribution in [-0.4, -0.2) is 44.6 Å². The van der Waals surface area contributed by atoms with E-state index in [-0.39, 0.29) is 17.2 Å². The number of carbonyl (C=O) groups excluding carboxylic acids is 2. The number of benzene rings is 1. The first kappa shape index (κ1) is 31.1. The highest BCUT2D eigenvalue weighted by Crippen LogP contribution is 2.32. The fraction of sp³-hybridized carbons (Fsp3) is 0.357. The predicted molar refractivity (Wildman–Crippen MR) is 141 cm³/mol. The Balaban J connectivity index is 0.000000673. The van der Waals surface area contributed by atoms with E-state index in [1.807, 2.05) is 51.1 Å². The van der Waals surface area contributed by atoms with E-state index in [2.05, 4.69) is 36.1 Å². The van der Waals surface area contributed by atoms with Gasteiger partial charge in [0.1, 0.15) is 11.7 Å². The lowest BCUT2D eigenvalue weighted by Crippen LogP contribution is -2.49. The maximum absolute atomic E-state index is 13.7. The Hall–Kier alpha value is -4.15. The molecule has 11 heteroatoms. The van der Waals surface area contributed by atoms with Crippen LogP contribution < -0.4 is 10.2 Å². The molecule has 2 amide bonds. The van der Waals surface area contributed by atoms with Gasteiger partial charge in [0.25, 0.3) is 5.91 Å². The number of aromatic nitrogens is 2. The Bertz CT molecular complexity index is 1250. The van der Waals surface area contributed by atoms with E-state index < -0.39 is 23.7 Å². The summed E-state index contributed by atoms with van der Waals surface area (Å²) in [6, 6.07) is 14.0. The quantitative estimate of drug-likeness (QED) is 0.383. The topological polar surface area (TPSA) is 115 Å². The van der Waals surface area contributed by atoms with Crippen LogP contribution in [0.15, 0.2) is 67.1 Å².